The Morgan fingerprint density at radius 2 is 1.88 bits per heavy atom. The zero-order valence-corrected chi connectivity index (χ0v) is 14.7. The van der Waals surface area contributed by atoms with Gasteiger partial charge in [-0.3, -0.25) is 14.5 Å². The highest BCUT2D eigenvalue weighted by atomic mass is 16.2. The predicted molar refractivity (Wildman–Crippen MR) is 97.6 cm³/mol. The van der Waals surface area contributed by atoms with E-state index in [1.54, 1.807) is 0 Å². The lowest BCUT2D eigenvalue weighted by molar-refractivity contribution is -0.122. The van der Waals surface area contributed by atoms with Crippen molar-refractivity contribution >= 4 is 23.5 Å². The molecule has 0 atom stereocenters. The number of hydrogen-bond donors (Lipinski definition) is 3. The Labute approximate surface area is 151 Å². The minimum absolute atomic E-state index is 0.00375. The molecule has 138 valence electrons. The largest absolute Gasteiger partial charge is 0.351 e. The molecular formula is C17H23N7O2. The van der Waals surface area contributed by atoms with Crippen molar-refractivity contribution in [2.24, 2.45) is 0 Å². The molecule has 1 fully saturated rings. The molecule has 0 unspecified atom stereocenters. The first-order valence-electron chi connectivity index (χ1n) is 8.56. The highest BCUT2D eigenvalue weighted by Gasteiger charge is 2.20. The second-order valence-corrected chi connectivity index (χ2v) is 6.23. The van der Waals surface area contributed by atoms with E-state index in [0.717, 1.165) is 43.4 Å². The van der Waals surface area contributed by atoms with Crippen molar-refractivity contribution in [3.8, 4) is 0 Å². The van der Waals surface area contributed by atoms with Crippen LogP contribution < -0.4 is 15.5 Å². The second kappa shape index (κ2) is 8.43. The highest BCUT2D eigenvalue weighted by molar-refractivity contribution is 5.88. The van der Waals surface area contributed by atoms with Crippen LogP contribution in [0.3, 0.4) is 0 Å². The number of nitrogens with zero attached hydrogens (tertiary/aromatic N) is 4. The standard InChI is InChI=1S/C17H23N7O2/c1-13(25)21-15-4-2-14(3-5-15)10-18-16(26)11-23-6-8-24(9-7-23)17-19-12-20-22-17/h2-5,12H,6-11H2,1H3,(H,18,26)(H,21,25)(H,19,20,22). The summed E-state index contributed by atoms with van der Waals surface area (Å²) >= 11 is 0. The minimum atomic E-state index is -0.102. The van der Waals surface area contributed by atoms with Crippen LogP contribution in [0.4, 0.5) is 11.6 Å². The molecule has 9 heteroatoms. The van der Waals surface area contributed by atoms with Gasteiger partial charge in [0.05, 0.1) is 6.54 Å². The maximum absolute atomic E-state index is 12.2. The Morgan fingerprint density at radius 1 is 1.15 bits per heavy atom. The summed E-state index contributed by atoms with van der Waals surface area (Å²) < 4.78 is 0. The molecule has 2 amide bonds. The summed E-state index contributed by atoms with van der Waals surface area (Å²) in [7, 11) is 0. The maximum atomic E-state index is 12.2. The summed E-state index contributed by atoms with van der Waals surface area (Å²) in [6.45, 7) is 5.56. The van der Waals surface area contributed by atoms with E-state index in [4.69, 9.17) is 0 Å². The summed E-state index contributed by atoms with van der Waals surface area (Å²) in [5.41, 5.74) is 1.74. The molecule has 3 rings (SSSR count). The van der Waals surface area contributed by atoms with E-state index in [-0.39, 0.29) is 11.8 Å². The molecule has 1 aromatic heterocycles. The molecule has 0 radical (unpaired) electrons. The number of aromatic amines is 1. The van der Waals surface area contributed by atoms with Gasteiger partial charge in [0.2, 0.25) is 17.8 Å². The molecule has 1 aromatic carbocycles. The molecule has 26 heavy (non-hydrogen) atoms. The molecule has 2 heterocycles. The molecule has 0 bridgehead atoms. The molecular weight excluding hydrogens is 334 g/mol. The third kappa shape index (κ3) is 5.03. The van der Waals surface area contributed by atoms with Crippen molar-refractivity contribution in [1.82, 2.24) is 25.4 Å². The van der Waals surface area contributed by atoms with Crippen molar-refractivity contribution in [3.05, 3.63) is 36.2 Å². The van der Waals surface area contributed by atoms with Crippen LogP contribution in [0.2, 0.25) is 0 Å². The number of piperazine rings is 1. The number of rotatable bonds is 6. The van der Waals surface area contributed by atoms with Crippen LogP contribution in [0.15, 0.2) is 30.6 Å². The van der Waals surface area contributed by atoms with E-state index in [1.807, 2.05) is 24.3 Å². The van der Waals surface area contributed by atoms with Crippen LogP contribution in [-0.4, -0.2) is 64.6 Å². The summed E-state index contributed by atoms with van der Waals surface area (Å²) in [5.74, 6) is 0.676. The van der Waals surface area contributed by atoms with Crippen LogP contribution in [0.5, 0.6) is 0 Å². The van der Waals surface area contributed by atoms with Crippen LogP contribution in [0.25, 0.3) is 0 Å². The van der Waals surface area contributed by atoms with Crippen molar-refractivity contribution < 1.29 is 9.59 Å². The third-order valence-corrected chi connectivity index (χ3v) is 4.21. The Kier molecular flexibility index (Phi) is 5.80. The van der Waals surface area contributed by atoms with Gasteiger partial charge in [-0.1, -0.05) is 12.1 Å². The Morgan fingerprint density at radius 3 is 2.50 bits per heavy atom. The predicted octanol–water partition coefficient (Wildman–Crippen LogP) is 0.202. The zero-order valence-electron chi connectivity index (χ0n) is 14.7. The first-order chi connectivity index (χ1) is 12.6. The molecule has 0 aliphatic carbocycles. The number of amides is 2. The summed E-state index contributed by atoms with van der Waals surface area (Å²) in [6.07, 6.45) is 1.50. The van der Waals surface area contributed by atoms with Gasteiger partial charge in [0.1, 0.15) is 6.33 Å². The van der Waals surface area contributed by atoms with Gasteiger partial charge in [-0.25, -0.2) is 5.10 Å². The normalized spacial score (nSPS) is 14.9. The number of benzene rings is 1. The Hall–Kier alpha value is -2.94. The smallest absolute Gasteiger partial charge is 0.234 e. The third-order valence-electron chi connectivity index (χ3n) is 4.21. The monoisotopic (exact) mass is 357 g/mol. The average molecular weight is 357 g/mol. The SMILES string of the molecule is CC(=O)Nc1ccc(CNC(=O)CN2CCN(c3ncn[nH]3)CC2)cc1. The van der Waals surface area contributed by atoms with E-state index >= 15 is 0 Å². The van der Waals surface area contributed by atoms with Gasteiger partial charge in [-0.15, -0.1) is 0 Å². The zero-order chi connectivity index (χ0) is 18.4. The van der Waals surface area contributed by atoms with Gasteiger partial charge in [-0.05, 0) is 17.7 Å². The van der Waals surface area contributed by atoms with E-state index in [0.29, 0.717) is 13.1 Å². The van der Waals surface area contributed by atoms with Gasteiger partial charge in [-0.2, -0.15) is 10.1 Å². The lowest BCUT2D eigenvalue weighted by Gasteiger charge is -2.33. The molecule has 9 nitrogen and oxygen atoms in total. The van der Waals surface area contributed by atoms with Crippen molar-refractivity contribution in [2.45, 2.75) is 13.5 Å². The van der Waals surface area contributed by atoms with E-state index in [1.165, 1.54) is 13.3 Å². The number of H-pyrrole nitrogens is 1. The van der Waals surface area contributed by atoms with Crippen molar-refractivity contribution in [2.75, 3.05) is 42.9 Å². The number of hydrogen-bond acceptors (Lipinski definition) is 6. The van der Waals surface area contributed by atoms with Crippen LogP contribution in [0, 0.1) is 0 Å². The first kappa shape index (κ1) is 17.9. The minimum Gasteiger partial charge on any atom is -0.351 e. The maximum Gasteiger partial charge on any atom is 0.234 e. The van der Waals surface area contributed by atoms with Gasteiger partial charge < -0.3 is 15.5 Å². The summed E-state index contributed by atoms with van der Waals surface area (Å²) in [6, 6.07) is 7.43. The van der Waals surface area contributed by atoms with Crippen molar-refractivity contribution in [3.63, 3.8) is 0 Å². The molecule has 2 aromatic rings. The Balaban J connectivity index is 1.38. The molecule has 0 spiro atoms. The molecule has 1 aliphatic heterocycles. The van der Waals surface area contributed by atoms with Gasteiger partial charge in [0.15, 0.2) is 0 Å². The average Bonchev–Trinajstić information content (AvgIpc) is 3.16. The fraction of sp³-hybridized carbons (Fsp3) is 0.412. The first-order valence-corrected chi connectivity index (χ1v) is 8.56. The topological polar surface area (TPSA) is 106 Å². The van der Waals surface area contributed by atoms with Gasteiger partial charge in [0.25, 0.3) is 0 Å². The van der Waals surface area contributed by atoms with Crippen LogP contribution in [0.1, 0.15) is 12.5 Å². The van der Waals surface area contributed by atoms with E-state index < -0.39 is 0 Å². The molecule has 3 N–H and O–H groups in total. The molecule has 1 aliphatic rings. The number of anilines is 2. The highest BCUT2D eigenvalue weighted by Crippen LogP contribution is 2.10. The number of carbonyl (C=O) groups is 2. The van der Waals surface area contributed by atoms with Crippen molar-refractivity contribution in [1.29, 1.82) is 0 Å². The summed E-state index contributed by atoms with van der Waals surface area (Å²) in [4.78, 5) is 31.6. The van der Waals surface area contributed by atoms with Gasteiger partial charge >= 0.3 is 0 Å². The lowest BCUT2D eigenvalue weighted by atomic mass is 10.2. The second-order valence-electron chi connectivity index (χ2n) is 6.23. The number of carbonyl (C=O) groups excluding carboxylic acids is 2. The van der Waals surface area contributed by atoms with Gasteiger partial charge in [0, 0.05) is 45.3 Å². The number of aromatic nitrogens is 3. The molecule has 0 saturated carbocycles. The van der Waals surface area contributed by atoms with E-state index in [2.05, 4.69) is 35.6 Å². The quantitative estimate of drug-likeness (QED) is 0.682. The molecule has 1 saturated heterocycles. The fourth-order valence-corrected chi connectivity index (χ4v) is 2.84. The summed E-state index contributed by atoms with van der Waals surface area (Å²) in [5, 5.41) is 12.4. The number of nitrogens with one attached hydrogen (secondary N) is 3. The van der Waals surface area contributed by atoms with Crippen LogP contribution >= 0.6 is 0 Å². The lowest BCUT2D eigenvalue weighted by Crippen LogP contribution is -2.49. The van der Waals surface area contributed by atoms with E-state index in [9.17, 15) is 9.59 Å². The Bertz CT molecular complexity index is 722. The van der Waals surface area contributed by atoms with Crippen LogP contribution in [-0.2, 0) is 16.1 Å². The fourth-order valence-electron chi connectivity index (χ4n) is 2.84.